The second-order valence-corrected chi connectivity index (χ2v) is 7.49. The van der Waals surface area contributed by atoms with Gasteiger partial charge >= 0.3 is 0 Å². The minimum Gasteiger partial charge on any atom is -0.507 e. The van der Waals surface area contributed by atoms with Gasteiger partial charge < -0.3 is 23.9 Å². The molecule has 7 heteroatoms. The minimum absolute atomic E-state index is 0.0151. The van der Waals surface area contributed by atoms with E-state index >= 15 is 0 Å². The Bertz CT molecular complexity index is 1190. The highest BCUT2D eigenvalue weighted by Gasteiger charge is 2.46. The van der Waals surface area contributed by atoms with Gasteiger partial charge in [-0.05, 0) is 42.8 Å². The molecule has 164 valence electrons. The second-order valence-electron chi connectivity index (χ2n) is 7.49. The minimum atomic E-state index is -0.795. The Morgan fingerprint density at radius 1 is 1.06 bits per heavy atom. The maximum atomic E-state index is 13.2. The molecular formula is C25H23NO6. The van der Waals surface area contributed by atoms with Crippen molar-refractivity contribution in [1.82, 2.24) is 4.90 Å². The molecule has 0 aliphatic carbocycles. The van der Waals surface area contributed by atoms with Crippen molar-refractivity contribution in [2.24, 2.45) is 0 Å². The van der Waals surface area contributed by atoms with Gasteiger partial charge in [0.1, 0.15) is 23.0 Å². The highest BCUT2D eigenvalue weighted by molar-refractivity contribution is 6.46. The van der Waals surface area contributed by atoms with E-state index in [-0.39, 0.29) is 23.4 Å². The van der Waals surface area contributed by atoms with E-state index in [1.807, 2.05) is 31.2 Å². The van der Waals surface area contributed by atoms with Crippen LogP contribution in [0.2, 0.25) is 0 Å². The first-order valence-corrected chi connectivity index (χ1v) is 10.0. The van der Waals surface area contributed by atoms with Gasteiger partial charge in [0.2, 0.25) is 0 Å². The number of ether oxygens (including phenoxy) is 2. The molecule has 1 aromatic heterocycles. The molecule has 32 heavy (non-hydrogen) atoms. The van der Waals surface area contributed by atoms with Crippen molar-refractivity contribution in [3.63, 3.8) is 0 Å². The SMILES string of the molecule is COc1ccc(OC)c(/C(O)=C2\C(=O)C(=O)N(Cc3ccco3)C2c2cccc(C)c2)c1. The number of hydrogen-bond donors (Lipinski definition) is 1. The summed E-state index contributed by atoms with van der Waals surface area (Å²) < 4.78 is 16.1. The fourth-order valence-corrected chi connectivity index (χ4v) is 3.94. The number of aryl methyl sites for hydroxylation is 1. The fourth-order valence-electron chi connectivity index (χ4n) is 3.94. The summed E-state index contributed by atoms with van der Waals surface area (Å²) in [6.07, 6.45) is 1.51. The van der Waals surface area contributed by atoms with Gasteiger partial charge in [-0.3, -0.25) is 9.59 Å². The van der Waals surface area contributed by atoms with Crippen LogP contribution in [0, 0.1) is 6.92 Å². The van der Waals surface area contributed by atoms with Gasteiger partial charge in [-0.25, -0.2) is 0 Å². The summed E-state index contributed by atoms with van der Waals surface area (Å²) in [6, 6.07) is 15.0. The Morgan fingerprint density at radius 2 is 1.88 bits per heavy atom. The van der Waals surface area contributed by atoms with Crippen molar-refractivity contribution in [3.05, 3.63) is 88.9 Å². The summed E-state index contributed by atoms with van der Waals surface area (Å²) in [4.78, 5) is 27.6. The fraction of sp³-hybridized carbons (Fsp3) is 0.200. The molecule has 3 aromatic rings. The van der Waals surface area contributed by atoms with E-state index in [0.717, 1.165) is 5.56 Å². The number of carbonyl (C=O) groups is 2. The smallest absolute Gasteiger partial charge is 0.296 e. The van der Waals surface area contributed by atoms with Gasteiger partial charge in [-0.2, -0.15) is 0 Å². The van der Waals surface area contributed by atoms with Crippen molar-refractivity contribution in [3.8, 4) is 11.5 Å². The van der Waals surface area contributed by atoms with Crippen LogP contribution in [0.25, 0.3) is 5.76 Å². The van der Waals surface area contributed by atoms with E-state index in [1.54, 1.807) is 30.3 Å². The lowest BCUT2D eigenvalue weighted by Gasteiger charge is -2.25. The Labute approximate surface area is 185 Å². The highest BCUT2D eigenvalue weighted by Crippen LogP contribution is 2.42. The van der Waals surface area contributed by atoms with Gasteiger partial charge in [0, 0.05) is 0 Å². The van der Waals surface area contributed by atoms with Crippen molar-refractivity contribution in [2.75, 3.05) is 14.2 Å². The van der Waals surface area contributed by atoms with Crippen molar-refractivity contribution in [1.29, 1.82) is 0 Å². The number of ketones is 1. The number of aliphatic hydroxyl groups is 1. The van der Waals surface area contributed by atoms with Crippen LogP contribution in [0.4, 0.5) is 0 Å². The third-order valence-electron chi connectivity index (χ3n) is 5.47. The van der Waals surface area contributed by atoms with E-state index in [0.29, 0.717) is 22.8 Å². The van der Waals surface area contributed by atoms with Crippen LogP contribution in [0.1, 0.15) is 28.5 Å². The maximum absolute atomic E-state index is 13.2. The zero-order valence-corrected chi connectivity index (χ0v) is 18.0. The van der Waals surface area contributed by atoms with Crippen LogP contribution in [0.5, 0.6) is 11.5 Å². The molecule has 1 fully saturated rings. The summed E-state index contributed by atoms with van der Waals surface area (Å²) in [5, 5.41) is 11.3. The Balaban J connectivity index is 1.92. The molecule has 0 saturated carbocycles. The third-order valence-corrected chi connectivity index (χ3v) is 5.47. The van der Waals surface area contributed by atoms with E-state index in [9.17, 15) is 14.7 Å². The second kappa shape index (κ2) is 8.63. The molecule has 1 saturated heterocycles. The average Bonchev–Trinajstić information content (AvgIpc) is 3.40. The lowest BCUT2D eigenvalue weighted by Crippen LogP contribution is -2.29. The molecule has 1 N–H and O–H groups in total. The number of methoxy groups -OCH3 is 2. The van der Waals surface area contributed by atoms with Gasteiger partial charge in [-0.1, -0.05) is 29.8 Å². The standard InChI is InChI=1S/C25H23NO6/c1-15-6-4-7-16(12-15)22-21(23(27)19-13-17(30-2)9-10-20(19)31-3)24(28)25(29)26(22)14-18-8-5-11-32-18/h4-13,22,27H,14H2,1-3H3/b23-21+. The van der Waals surface area contributed by atoms with Crippen LogP contribution in [-0.4, -0.2) is 35.9 Å². The molecule has 0 bridgehead atoms. The van der Waals surface area contributed by atoms with Gasteiger partial charge in [-0.15, -0.1) is 0 Å². The van der Waals surface area contributed by atoms with Gasteiger partial charge in [0.15, 0.2) is 0 Å². The Kier molecular flexibility index (Phi) is 5.73. The molecule has 2 heterocycles. The predicted molar refractivity (Wildman–Crippen MR) is 117 cm³/mol. The van der Waals surface area contributed by atoms with Crippen LogP contribution in [0.15, 0.2) is 70.9 Å². The van der Waals surface area contributed by atoms with E-state index in [4.69, 9.17) is 13.9 Å². The lowest BCUT2D eigenvalue weighted by molar-refractivity contribution is -0.140. The molecule has 2 aromatic carbocycles. The van der Waals surface area contributed by atoms with Crippen molar-refractivity contribution < 1.29 is 28.6 Å². The first-order chi connectivity index (χ1) is 15.4. The van der Waals surface area contributed by atoms with Crippen molar-refractivity contribution >= 4 is 17.4 Å². The number of amides is 1. The highest BCUT2D eigenvalue weighted by atomic mass is 16.5. The number of rotatable bonds is 6. The average molecular weight is 433 g/mol. The zero-order valence-electron chi connectivity index (χ0n) is 18.0. The molecule has 1 unspecified atom stereocenters. The van der Waals surface area contributed by atoms with Crippen LogP contribution in [0.3, 0.4) is 0 Å². The number of hydrogen-bond acceptors (Lipinski definition) is 6. The largest absolute Gasteiger partial charge is 0.507 e. The summed E-state index contributed by atoms with van der Waals surface area (Å²) in [5.41, 5.74) is 1.92. The number of aliphatic hydroxyl groups excluding tert-OH is 1. The number of furan rings is 1. The molecular weight excluding hydrogens is 410 g/mol. The quantitative estimate of drug-likeness (QED) is 0.356. The normalized spacial score (nSPS) is 17.6. The number of nitrogens with zero attached hydrogens (tertiary/aromatic N) is 1. The van der Waals surface area contributed by atoms with Crippen molar-refractivity contribution in [2.45, 2.75) is 19.5 Å². The van der Waals surface area contributed by atoms with Crippen LogP contribution < -0.4 is 9.47 Å². The number of benzene rings is 2. The summed E-state index contributed by atoms with van der Waals surface area (Å²) in [5.74, 6) is -0.453. The molecule has 1 amide bonds. The van der Waals surface area contributed by atoms with E-state index < -0.39 is 17.7 Å². The molecule has 1 aliphatic rings. The molecule has 0 radical (unpaired) electrons. The third kappa shape index (κ3) is 3.73. The lowest BCUT2D eigenvalue weighted by atomic mass is 9.94. The molecule has 4 rings (SSSR count). The molecule has 1 aliphatic heterocycles. The van der Waals surface area contributed by atoms with Crippen LogP contribution >= 0.6 is 0 Å². The zero-order chi connectivity index (χ0) is 22.8. The Hall–Kier alpha value is -4.00. The molecule has 7 nitrogen and oxygen atoms in total. The number of carbonyl (C=O) groups excluding carboxylic acids is 2. The number of Topliss-reactive ketones (excluding diaryl/α,β-unsaturated/α-hetero) is 1. The topological polar surface area (TPSA) is 89.2 Å². The number of likely N-dealkylation sites (tertiary alicyclic amines) is 1. The Morgan fingerprint density at radius 3 is 2.53 bits per heavy atom. The first-order valence-electron chi connectivity index (χ1n) is 10.0. The summed E-state index contributed by atoms with van der Waals surface area (Å²) in [7, 11) is 2.97. The summed E-state index contributed by atoms with van der Waals surface area (Å²) >= 11 is 0. The first kappa shape index (κ1) is 21.2. The van der Waals surface area contributed by atoms with E-state index in [1.165, 1.54) is 25.4 Å². The monoisotopic (exact) mass is 433 g/mol. The van der Waals surface area contributed by atoms with Crippen LogP contribution in [-0.2, 0) is 16.1 Å². The van der Waals surface area contributed by atoms with Gasteiger partial charge in [0.05, 0.1) is 44.2 Å². The maximum Gasteiger partial charge on any atom is 0.296 e. The molecule has 0 spiro atoms. The summed E-state index contributed by atoms with van der Waals surface area (Å²) in [6.45, 7) is 2.01. The molecule has 1 atom stereocenters. The van der Waals surface area contributed by atoms with Gasteiger partial charge in [0.25, 0.3) is 11.7 Å². The van der Waals surface area contributed by atoms with E-state index in [2.05, 4.69) is 0 Å². The predicted octanol–water partition coefficient (Wildman–Crippen LogP) is 4.23.